The molecule has 3 aromatic rings. The quantitative estimate of drug-likeness (QED) is 0.682. The Hall–Kier alpha value is -3.54. The molecule has 1 N–H and O–H groups in total. The van der Waals surface area contributed by atoms with Gasteiger partial charge in [-0.1, -0.05) is 12.1 Å². The van der Waals surface area contributed by atoms with Gasteiger partial charge in [-0.2, -0.15) is 0 Å². The maximum atomic E-state index is 11.9. The third kappa shape index (κ3) is 4.30. The van der Waals surface area contributed by atoms with E-state index in [1.165, 1.54) is 13.4 Å². The van der Waals surface area contributed by atoms with Crippen LogP contribution in [0, 0.1) is 0 Å². The maximum absolute atomic E-state index is 11.9. The largest absolute Gasteiger partial charge is 0.489 e. The molecule has 6 heteroatoms. The molecule has 0 aliphatic heterocycles. The summed E-state index contributed by atoms with van der Waals surface area (Å²) in [6.45, 7) is 0.361. The van der Waals surface area contributed by atoms with Crippen LogP contribution in [0.1, 0.15) is 26.5 Å². The lowest BCUT2D eigenvalue weighted by atomic mass is 10.1. The normalized spacial score (nSPS) is 10.2. The van der Waals surface area contributed by atoms with E-state index in [-0.39, 0.29) is 17.6 Å². The van der Waals surface area contributed by atoms with Crippen molar-refractivity contribution in [2.75, 3.05) is 12.4 Å². The van der Waals surface area contributed by atoms with Crippen LogP contribution < -0.4 is 10.1 Å². The van der Waals surface area contributed by atoms with Crippen molar-refractivity contribution in [2.24, 2.45) is 0 Å². The van der Waals surface area contributed by atoms with Crippen LogP contribution in [0.25, 0.3) is 0 Å². The minimum Gasteiger partial charge on any atom is -0.489 e. The molecular weight excluding hydrogens is 334 g/mol. The predicted molar refractivity (Wildman–Crippen MR) is 95.2 cm³/mol. The Labute approximate surface area is 150 Å². The van der Waals surface area contributed by atoms with E-state index in [4.69, 9.17) is 9.15 Å². The van der Waals surface area contributed by atoms with Crippen molar-refractivity contribution in [3.8, 4) is 5.75 Å². The molecule has 26 heavy (non-hydrogen) atoms. The predicted octanol–water partition coefficient (Wildman–Crippen LogP) is 3.90. The van der Waals surface area contributed by atoms with E-state index < -0.39 is 0 Å². The molecule has 1 amide bonds. The zero-order chi connectivity index (χ0) is 18.4. The Morgan fingerprint density at radius 3 is 2.35 bits per heavy atom. The van der Waals surface area contributed by atoms with Gasteiger partial charge in [-0.15, -0.1) is 0 Å². The van der Waals surface area contributed by atoms with Crippen LogP contribution in [-0.2, 0) is 11.3 Å². The fourth-order valence-electron chi connectivity index (χ4n) is 2.26. The van der Waals surface area contributed by atoms with Crippen LogP contribution in [-0.4, -0.2) is 19.0 Å². The van der Waals surface area contributed by atoms with E-state index in [2.05, 4.69) is 10.1 Å². The monoisotopic (exact) mass is 351 g/mol. The molecule has 0 aliphatic carbocycles. The average molecular weight is 351 g/mol. The number of methoxy groups -OCH3 is 1. The van der Waals surface area contributed by atoms with Gasteiger partial charge in [0.05, 0.1) is 18.9 Å². The van der Waals surface area contributed by atoms with E-state index in [0.29, 0.717) is 23.6 Å². The van der Waals surface area contributed by atoms with Gasteiger partial charge in [-0.05, 0) is 54.1 Å². The van der Waals surface area contributed by atoms with Crippen molar-refractivity contribution in [1.29, 1.82) is 0 Å². The molecule has 0 saturated heterocycles. The van der Waals surface area contributed by atoms with E-state index >= 15 is 0 Å². The van der Waals surface area contributed by atoms with Crippen LogP contribution in [0.5, 0.6) is 5.75 Å². The van der Waals surface area contributed by atoms with Gasteiger partial charge in [0.2, 0.25) is 0 Å². The Morgan fingerprint density at radius 2 is 1.73 bits per heavy atom. The molecule has 0 radical (unpaired) electrons. The molecule has 2 aromatic carbocycles. The number of furan rings is 1. The number of esters is 1. The summed E-state index contributed by atoms with van der Waals surface area (Å²) in [5.74, 6) is 0.234. The van der Waals surface area contributed by atoms with Crippen molar-refractivity contribution in [3.05, 3.63) is 83.8 Å². The highest BCUT2D eigenvalue weighted by Gasteiger charge is 2.08. The smallest absolute Gasteiger partial charge is 0.337 e. The van der Waals surface area contributed by atoms with Crippen molar-refractivity contribution < 1.29 is 23.5 Å². The lowest BCUT2D eigenvalue weighted by molar-refractivity contribution is 0.0600. The summed E-state index contributed by atoms with van der Waals surface area (Å²) in [5, 5.41) is 2.74. The van der Waals surface area contributed by atoms with E-state index in [0.717, 1.165) is 5.56 Å². The SMILES string of the molecule is COC(=O)c1ccc(COc2ccc(NC(=O)c3ccco3)cc2)cc1. The van der Waals surface area contributed by atoms with Crippen molar-refractivity contribution in [1.82, 2.24) is 0 Å². The summed E-state index contributed by atoms with van der Waals surface area (Å²) in [6, 6.07) is 17.3. The Kier molecular flexibility index (Phi) is 5.34. The van der Waals surface area contributed by atoms with E-state index in [1.54, 1.807) is 48.5 Å². The third-order valence-corrected chi connectivity index (χ3v) is 3.64. The number of benzene rings is 2. The fraction of sp³-hybridized carbons (Fsp3) is 0.100. The first-order chi connectivity index (χ1) is 12.7. The first-order valence-corrected chi connectivity index (χ1v) is 7.90. The minimum absolute atomic E-state index is 0.251. The summed E-state index contributed by atoms with van der Waals surface area (Å²) in [5.41, 5.74) is 2.06. The molecule has 0 saturated carbocycles. The van der Waals surface area contributed by atoms with Crippen molar-refractivity contribution in [3.63, 3.8) is 0 Å². The van der Waals surface area contributed by atoms with E-state index in [9.17, 15) is 9.59 Å². The summed E-state index contributed by atoms with van der Waals surface area (Å²) in [6.07, 6.45) is 1.45. The van der Waals surface area contributed by atoms with Crippen molar-refractivity contribution >= 4 is 17.6 Å². The molecule has 0 fully saturated rings. The number of amides is 1. The number of hydrogen-bond acceptors (Lipinski definition) is 5. The van der Waals surface area contributed by atoms with Crippen LogP contribution in [0.2, 0.25) is 0 Å². The van der Waals surface area contributed by atoms with Gasteiger partial charge in [-0.3, -0.25) is 4.79 Å². The second-order valence-electron chi connectivity index (χ2n) is 5.43. The van der Waals surface area contributed by atoms with Crippen LogP contribution in [0.15, 0.2) is 71.3 Å². The Balaban J connectivity index is 1.54. The first kappa shape index (κ1) is 17.3. The third-order valence-electron chi connectivity index (χ3n) is 3.64. The fourth-order valence-corrected chi connectivity index (χ4v) is 2.26. The Morgan fingerprint density at radius 1 is 1.00 bits per heavy atom. The van der Waals surface area contributed by atoms with Gasteiger partial charge in [0.25, 0.3) is 5.91 Å². The highest BCUT2D eigenvalue weighted by Crippen LogP contribution is 2.18. The summed E-state index contributed by atoms with van der Waals surface area (Å²) >= 11 is 0. The zero-order valence-electron chi connectivity index (χ0n) is 14.1. The molecule has 3 rings (SSSR count). The lowest BCUT2D eigenvalue weighted by Gasteiger charge is -2.08. The topological polar surface area (TPSA) is 77.8 Å². The molecular formula is C20H17NO5. The van der Waals surface area contributed by atoms with Crippen LogP contribution in [0.3, 0.4) is 0 Å². The number of carbonyl (C=O) groups is 2. The molecule has 0 atom stereocenters. The summed E-state index contributed by atoms with van der Waals surface area (Å²) < 4.78 is 15.4. The molecule has 0 spiro atoms. The maximum Gasteiger partial charge on any atom is 0.337 e. The first-order valence-electron chi connectivity index (χ1n) is 7.90. The molecule has 0 unspecified atom stereocenters. The highest BCUT2D eigenvalue weighted by atomic mass is 16.5. The van der Waals surface area contributed by atoms with Crippen LogP contribution >= 0.6 is 0 Å². The Bertz CT molecular complexity index is 868. The minimum atomic E-state index is -0.371. The second-order valence-corrected chi connectivity index (χ2v) is 5.43. The van der Waals surface area contributed by atoms with Gasteiger partial charge < -0.3 is 19.2 Å². The van der Waals surface area contributed by atoms with E-state index in [1.807, 2.05) is 12.1 Å². The van der Waals surface area contributed by atoms with Gasteiger partial charge in [0.1, 0.15) is 12.4 Å². The number of hydrogen-bond donors (Lipinski definition) is 1. The lowest BCUT2D eigenvalue weighted by Crippen LogP contribution is -2.10. The number of anilines is 1. The standard InChI is InChI=1S/C20H17NO5/c1-24-20(23)15-6-4-14(5-7-15)13-26-17-10-8-16(9-11-17)21-19(22)18-3-2-12-25-18/h2-12H,13H2,1H3,(H,21,22). The molecule has 0 bridgehead atoms. The second kappa shape index (κ2) is 8.02. The molecule has 132 valence electrons. The average Bonchev–Trinajstić information content (AvgIpc) is 3.22. The van der Waals surface area contributed by atoms with Gasteiger partial charge in [0, 0.05) is 5.69 Å². The van der Waals surface area contributed by atoms with Crippen LogP contribution in [0.4, 0.5) is 5.69 Å². The van der Waals surface area contributed by atoms with Gasteiger partial charge in [0.15, 0.2) is 5.76 Å². The summed E-state index contributed by atoms with van der Waals surface area (Å²) in [7, 11) is 1.35. The molecule has 1 aromatic heterocycles. The van der Waals surface area contributed by atoms with Gasteiger partial charge >= 0.3 is 5.97 Å². The molecule has 6 nitrogen and oxygen atoms in total. The number of ether oxygens (including phenoxy) is 2. The number of carbonyl (C=O) groups excluding carboxylic acids is 2. The molecule has 1 heterocycles. The highest BCUT2D eigenvalue weighted by molar-refractivity contribution is 6.02. The van der Waals surface area contributed by atoms with Gasteiger partial charge in [-0.25, -0.2) is 4.79 Å². The number of nitrogens with one attached hydrogen (secondary N) is 1. The molecule has 0 aliphatic rings. The van der Waals surface area contributed by atoms with Crippen molar-refractivity contribution in [2.45, 2.75) is 6.61 Å². The summed E-state index contributed by atoms with van der Waals surface area (Å²) in [4.78, 5) is 23.3. The number of rotatable bonds is 6. The zero-order valence-corrected chi connectivity index (χ0v) is 14.1.